The average molecular weight is 457 g/mol. The van der Waals surface area contributed by atoms with Gasteiger partial charge in [0.2, 0.25) is 5.89 Å². The molecule has 1 aromatic carbocycles. The third kappa shape index (κ3) is 4.14. The fourth-order valence-corrected chi connectivity index (χ4v) is 3.36. The molecule has 1 unspecified atom stereocenters. The van der Waals surface area contributed by atoms with Crippen LogP contribution >= 0.6 is 0 Å². The summed E-state index contributed by atoms with van der Waals surface area (Å²) < 4.78 is 40.0. The molecular formula is C22H21F2N5O4. The van der Waals surface area contributed by atoms with Crippen molar-refractivity contribution >= 4 is 11.6 Å². The van der Waals surface area contributed by atoms with E-state index in [1.807, 2.05) is 0 Å². The Balaban J connectivity index is 1.64. The van der Waals surface area contributed by atoms with Crippen LogP contribution in [0.25, 0.3) is 5.65 Å². The molecule has 0 aliphatic heterocycles. The number of benzene rings is 1. The predicted octanol–water partition coefficient (Wildman–Crippen LogP) is 2.83. The first-order valence-electron chi connectivity index (χ1n) is 10.0. The minimum atomic E-state index is -1.30. The van der Waals surface area contributed by atoms with E-state index in [9.17, 15) is 18.7 Å². The summed E-state index contributed by atoms with van der Waals surface area (Å²) in [5, 5.41) is 16.4. The van der Waals surface area contributed by atoms with E-state index >= 15 is 0 Å². The summed E-state index contributed by atoms with van der Waals surface area (Å²) in [5.74, 6) is -1.34. The number of hydrogen-bond donors (Lipinski definition) is 2. The Morgan fingerprint density at radius 2 is 1.94 bits per heavy atom. The highest BCUT2D eigenvalue weighted by Crippen LogP contribution is 2.25. The number of halogens is 2. The van der Waals surface area contributed by atoms with Gasteiger partial charge in [-0.3, -0.25) is 9.20 Å². The average Bonchev–Trinajstić information content (AvgIpc) is 3.36. The number of fused-ring (bicyclic) bond motifs is 1. The van der Waals surface area contributed by atoms with E-state index in [4.69, 9.17) is 9.26 Å². The number of nitrogens with one attached hydrogen (secondary N) is 1. The van der Waals surface area contributed by atoms with E-state index in [1.54, 1.807) is 39.1 Å². The topological polar surface area (TPSA) is 115 Å². The highest BCUT2D eigenvalue weighted by atomic mass is 19.1. The van der Waals surface area contributed by atoms with Crippen LogP contribution in [0.5, 0.6) is 5.75 Å². The first-order valence-corrected chi connectivity index (χ1v) is 10.0. The maximum atomic E-state index is 13.9. The lowest BCUT2D eigenvalue weighted by molar-refractivity contribution is 0.0830. The molecule has 3 aromatic heterocycles. The van der Waals surface area contributed by atoms with Crippen LogP contribution in [0, 0.1) is 25.5 Å². The van der Waals surface area contributed by atoms with Crippen molar-refractivity contribution in [3.8, 4) is 5.75 Å². The number of aliphatic hydroxyl groups is 1. The van der Waals surface area contributed by atoms with Gasteiger partial charge in [-0.1, -0.05) is 11.2 Å². The number of hydrogen-bond acceptors (Lipinski definition) is 7. The zero-order chi connectivity index (χ0) is 23.8. The van der Waals surface area contributed by atoms with Crippen LogP contribution in [-0.2, 0) is 12.1 Å². The summed E-state index contributed by atoms with van der Waals surface area (Å²) in [5.41, 5.74) is -0.660. The van der Waals surface area contributed by atoms with Crippen LogP contribution in [0.3, 0.4) is 0 Å². The van der Waals surface area contributed by atoms with E-state index in [-0.39, 0.29) is 41.0 Å². The molecule has 11 heteroatoms. The molecule has 172 valence electrons. The molecule has 1 amide bonds. The van der Waals surface area contributed by atoms with Gasteiger partial charge in [0.1, 0.15) is 29.5 Å². The number of rotatable bonds is 7. The van der Waals surface area contributed by atoms with E-state index in [0.717, 1.165) is 12.1 Å². The Kier molecular flexibility index (Phi) is 5.81. The number of nitrogens with zero attached hydrogens (tertiary/aromatic N) is 4. The number of amides is 1. The molecule has 9 nitrogen and oxygen atoms in total. The monoisotopic (exact) mass is 457 g/mol. The van der Waals surface area contributed by atoms with Crippen molar-refractivity contribution in [1.82, 2.24) is 24.8 Å². The minimum absolute atomic E-state index is 0.123. The fourth-order valence-electron chi connectivity index (χ4n) is 3.36. The first-order chi connectivity index (χ1) is 15.7. The van der Waals surface area contributed by atoms with Gasteiger partial charge in [0.15, 0.2) is 17.2 Å². The second kappa shape index (κ2) is 8.58. The van der Waals surface area contributed by atoms with Gasteiger partial charge >= 0.3 is 0 Å². The van der Waals surface area contributed by atoms with Crippen LogP contribution in [-0.4, -0.2) is 37.1 Å². The molecule has 0 aliphatic rings. The highest BCUT2D eigenvalue weighted by molar-refractivity contribution is 5.95. The molecule has 0 aliphatic carbocycles. The maximum Gasteiger partial charge on any atom is 0.271 e. The standard InChI is InChI=1S/C22H21F2N5O4/c1-12-18(20(31)27-22(3,11-30)21-26-13(2)33-28-21)29-9-5-8-17(19(29)25-12)32-10-14-15(23)6-4-7-16(14)24/h4-9,30H,10-11H2,1-3H3,(H,27,31). The van der Waals surface area contributed by atoms with Gasteiger partial charge in [0.25, 0.3) is 5.91 Å². The number of aryl methyl sites for hydroxylation is 2. The third-order valence-electron chi connectivity index (χ3n) is 5.16. The van der Waals surface area contributed by atoms with E-state index in [1.165, 1.54) is 10.5 Å². The normalized spacial score (nSPS) is 13.2. The third-order valence-corrected chi connectivity index (χ3v) is 5.16. The quantitative estimate of drug-likeness (QED) is 0.439. The number of imidazole rings is 1. The van der Waals surface area contributed by atoms with E-state index in [2.05, 4.69) is 20.4 Å². The van der Waals surface area contributed by atoms with E-state index < -0.39 is 29.7 Å². The second-order valence-electron chi connectivity index (χ2n) is 7.68. The fraction of sp³-hybridized carbons (Fsp3) is 0.273. The maximum absolute atomic E-state index is 13.9. The number of ether oxygens (including phenoxy) is 1. The van der Waals surface area contributed by atoms with Crippen molar-refractivity contribution in [3.63, 3.8) is 0 Å². The molecule has 4 rings (SSSR count). The van der Waals surface area contributed by atoms with Gasteiger partial charge in [-0.25, -0.2) is 13.8 Å². The molecule has 33 heavy (non-hydrogen) atoms. The van der Waals surface area contributed by atoms with Crippen molar-refractivity contribution in [2.45, 2.75) is 32.9 Å². The van der Waals surface area contributed by atoms with Crippen molar-refractivity contribution in [1.29, 1.82) is 0 Å². The predicted molar refractivity (Wildman–Crippen MR) is 112 cm³/mol. The van der Waals surface area contributed by atoms with E-state index in [0.29, 0.717) is 5.69 Å². The van der Waals surface area contributed by atoms with Crippen molar-refractivity contribution in [2.24, 2.45) is 0 Å². The highest BCUT2D eigenvalue weighted by Gasteiger charge is 2.35. The van der Waals surface area contributed by atoms with Gasteiger partial charge in [-0.05, 0) is 38.1 Å². The number of aliphatic hydroxyl groups excluding tert-OH is 1. The van der Waals surface area contributed by atoms with Crippen LogP contribution in [0.1, 0.15) is 40.4 Å². The van der Waals surface area contributed by atoms with Gasteiger partial charge in [0, 0.05) is 13.1 Å². The molecule has 0 fully saturated rings. The smallest absolute Gasteiger partial charge is 0.271 e. The van der Waals surface area contributed by atoms with Gasteiger partial charge in [-0.2, -0.15) is 4.98 Å². The molecule has 0 saturated carbocycles. The van der Waals surface area contributed by atoms with Crippen LogP contribution < -0.4 is 10.1 Å². The lowest BCUT2D eigenvalue weighted by Gasteiger charge is -2.25. The minimum Gasteiger partial charge on any atom is -0.485 e. The summed E-state index contributed by atoms with van der Waals surface area (Å²) in [6, 6.07) is 6.77. The Bertz CT molecular complexity index is 1320. The summed E-state index contributed by atoms with van der Waals surface area (Å²) in [6.07, 6.45) is 1.61. The number of aromatic nitrogens is 4. The Hall–Kier alpha value is -3.86. The second-order valence-corrected chi connectivity index (χ2v) is 7.68. The Morgan fingerprint density at radius 3 is 2.58 bits per heavy atom. The van der Waals surface area contributed by atoms with Gasteiger partial charge in [0.05, 0.1) is 17.9 Å². The Morgan fingerprint density at radius 1 is 1.21 bits per heavy atom. The molecule has 2 N–H and O–H groups in total. The molecule has 4 aromatic rings. The van der Waals surface area contributed by atoms with Crippen LogP contribution in [0.2, 0.25) is 0 Å². The summed E-state index contributed by atoms with van der Waals surface area (Å²) >= 11 is 0. The van der Waals surface area contributed by atoms with Crippen molar-refractivity contribution in [3.05, 3.63) is 76.8 Å². The van der Waals surface area contributed by atoms with Crippen LogP contribution in [0.4, 0.5) is 8.78 Å². The number of pyridine rings is 1. The number of carbonyl (C=O) groups is 1. The van der Waals surface area contributed by atoms with Crippen molar-refractivity contribution < 1.29 is 27.9 Å². The van der Waals surface area contributed by atoms with Crippen LogP contribution in [0.15, 0.2) is 41.1 Å². The zero-order valence-corrected chi connectivity index (χ0v) is 18.1. The molecule has 0 radical (unpaired) electrons. The SMILES string of the molecule is Cc1nc(C(C)(CO)NC(=O)c2c(C)nc3c(OCc4c(F)cccc4F)cccn23)no1. The lowest BCUT2D eigenvalue weighted by atomic mass is 10.0. The molecule has 0 bridgehead atoms. The zero-order valence-electron chi connectivity index (χ0n) is 18.1. The largest absolute Gasteiger partial charge is 0.485 e. The lowest BCUT2D eigenvalue weighted by Crippen LogP contribution is -2.47. The number of carbonyl (C=O) groups excluding carboxylic acids is 1. The molecule has 1 atom stereocenters. The molecule has 0 saturated heterocycles. The molecular weight excluding hydrogens is 436 g/mol. The molecule has 0 spiro atoms. The Labute approximate surface area is 187 Å². The van der Waals surface area contributed by atoms with Crippen molar-refractivity contribution in [2.75, 3.05) is 6.61 Å². The summed E-state index contributed by atoms with van der Waals surface area (Å²) in [6.45, 7) is 3.96. The van der Waals surface area contributed by atoms with Gasteiger partial charge < -0.3 is 19.7 Å². The molecule has 3 heterocycles. The summed E-state index contributed by atoms with van der Waals surface area (Å²) in [7, 11) is 0. The van der Waals surface area contributed by atoms with Gasteiger partial charge in [-0.15, -0.1) is 0 Å². The first kappa shape index (κ1) is 22.3. The summed E-state index contributed by atoms with van der Waals surface area (Å²) in [4.78, 5) is 21.7.